The van der Waals surface area contributed by atoms with Crippen LogP contribution in [0, 0.1) is 34.0 Å². The molecule has 4 aliphatic carbocycles. The number of ketones is 2. The van der Waals surface area contributed by atoms with Crippen LogP contribution in [-0.4, -0.2) is 51.5 Å². The molecule has 4 fully saturated rings. The van der Waals surface area contributed by atoms with E-state index in [1.807, 2.05) is 20.8 Å². The zero-order valence-corrected chi connectivity index (χ0v) is 17.5. The minimum Gasteiger partial charge on any atom is -0.462 e. The number of carbonyl (C=O) groups excluding carboxylic acids is 3. The van der Waals surface area contributed by atoms with Gasteiger partial charge in [0.1, 0.15) is 11.9 Å². The number of aliphatic hydroxyl groups excluding tert-OH is 2. The molecule has 0 aromatic rings. The summed E-state index contributed by atoms with van der Waals surface area (Å²) in [4.78, 5) is 38.1. The Morgan fingerprint density at radius 1 is 1.21 bits per heavy atom. The van der Waals surface area contributed by atoms with Crippen molar-refractivity contribution < 1.29 is 34.8 Å². The summed E-state index contributed by atoms with van der Waals surface area (Å²) in [6.07, 6.45) is -0.938. The molecule has 4 N–H and O–H groups in total. The summed E-state index contributed by atoms with van der Waals surface area (Å²) in [7, 11) is 0. The second kappa shape index (κ2) is 6.46. The molecule has 0 aromatic carbocycles. The molecule has 0 aliphatic heterocycles. The molecule has 0 heterocycles. The van der Waals surface area contributed by atoms with Crippen molar-refractivity contribution in [2.75, 3.05) is 0 Å². The number of rotatable bonds is 1. The van der Waals surface area contributed by atoms with Crippen molar-refractivity contribution >= 4 is 17.5 Å². The van der Waals surface area contributed by atoms with E-state index in [1.165, 1.54) is 6.92 Å². The molecule has 162 valence electrons. The molecule has 0 radical (unpaired) electrons. The highest BCUT2D eigenvalue weighted by Gasteiger charge is 2.76. The van der Waals surface area contributed by atoms with E-state index >= 15 is 0 Å². The molecule has 0 saturated heterocycles. The second-order valence-electron chi connectivity index (χ2n) is 10.2. The van der Waals surface area contributed by atoms with Gasteiger partial charge in [0, 0.05) is 30.6 Å². The van der Waals surface area contributed by atoms with Crippen molar-refractivity contribution in [1.82, 2.24) is 0 Å². The van der Waals surface area contributed by atoms with E-state index in [-0.39, 0.29) is 53.4 Å². The lowest BCUT2D eigenvalue weighted by atomic mass is 9.39. The quantitative estimate of drug-likeness (QED) is 0.491. The van der Waals surface area contributed by atoms with Crippen molar-refractivity contribution in [3.63, 3.8) is 0 Å². The molecule has 4 aliphatic rings. The number of fused-ring (bicyclic) bond motifs is 3. The summed E-state index contributed by atoms with van der Waals surface area (Å²) in [6.45, 7) is 11.3. The molecule has 1 spiro atoms. The Bertz CT molecular complexity index is 786. The first-order valence-corrected chi connectivity index (χ1v) is 10.2. The van der Waals surface area contributed by atoms with Gasteiger partial charge < -0.3 is 20.4 Å². The maximum Gasteiger partial charge on any atom is 0.302 e. The normalized spacial score (nSPS) is 47.7. The van der Waals surface area contributed by atoms with Crippen molar-refractivity contribution in [3.05, 3.63) is 12.2 Å². The van der Waals surface area contributed by atoms with Gasteiger partial charge in [0.15, 0.2) is 5.78 Å². The highest BCUT2D eigenvalue weighted by molar-refractivity contribution is 6.09. The van der Waals surface area contributed by atoms with Crippen LogP contribution in [0.1, 0.15) is 53.4 Å². The number of carbonyl (C=O) groups is 3. The maximum absolute atomic E-state index is 13.3. The Labute approximate surface area is 170 Å². The van der Waals surface area contributed by atoms with Gasteiger partial charge in [0.2, 0.25) is 0 Å². The van der Waals surface area contributed by atoms with Gasteiger partial charge in [-0.15, -0.1) is 0 Å². The lowest BCUT2D eigenvalue weighted by Crippen LogP contribution is -2.70. The van der Waals surface area contributed by atoms with Gasteiger partial charge in [-0.1, -0.05) is 27.4 Å². The standard InChI is InChI=1S/C22H30O6.H2O/c1-10-12-8-13(24)17-21(5)7-6-16(28-11(2)23)20(3,4)14(21)9-15(25)22(17,18(10)26)19(12)27;/h12,14-17,19,25,27H,1,6-9H2,2-5H3;1H2/t12-,14+,15+,16-,17-,19+,21+,22+;/m0./s1. The molecule has 2 bridgehead atoms. The molecular formula is C22H32O7. The van der Waals surface area contributed by atoms with E-state index in [9.17, 15) is 24.6 Å². The van der Waals surface area contributed by atoms with Gasteiger partial charge in [-0.25, -0.2) is 0 Å². The van der Waals surface area contributed by atoms with Gasteiger partial charge >= 0.3 is 5.97 Å². The zero-order valence-electron chi connectivity index (χ0n) is 17.5. The van der Waals surface area contributed by atoms with Crippen molar-refractivity contribution in [1.29, 1.82) is 0 Å². The first-order chi connectivity index (χ1) is 12.9. The number of hydrogen-bond donors (Lipinski definition) is 2. The smallest absolute Gasteiger partial charge is 0.302 e. The van der Waals surface area contributed by atoms with Crippen LogP contribution >= 0.6 is 0 Å². The van der Waals surface area contributed by atoms with Crippen LogP contribution in [0.5, 0.6) is 0 Å². The van der Waals surface area contributed by atoms with E-state index in [0.29, 0.717) is 12.8 Å². The Morgan fingerprint density at radius 2 is 1.83 bits per heavy atom. The lowest BCUT2D eigenvalue weighted by molar-refractivity contribution is -0.236. The number of ether oxygens (including phenoxy) is 1. The molecule has 29 heavy (non-hydrogen) atoms. The summed E-state index contributed by atoms with van der Waals surface area (Å²) in [5.41, 5.74) is -2.24. The largest absolute Gasteiger partial charge is 0.462 e. The SMILES string of the molecule is C=C1C(=O)[C@@]23[C@H](O)C[C@@H]4C(C)(C)[C@@H](OC(C)=O)CC[C@@]4(C)[C@@H]2C(=O)C[C@@H]1[C@H]3O.O. The first-order valence-electron chi connectivity index (χ1n) is 10.2. The van der Waals surface area contributed by atoms with Gasteiger partial charge in [-0.05, 0) is 36.2 Å². The molecule has 4 saturated carbocycles. The van der Waals surface area contributed by atoms with Crippen molar-refractivity contribution in [2.45, 2.75) is 71.7 Å². The van der Waals surface area contributed by atoms with Gasteiger partial charge in [0.05, 0.1) is 17.6 Å². The molecule has 7 nitrogen and oxygen atoms in total. The average Bonchev–Trinajstić information content (AvgIpc) is 2.71. The molecule has 0 amide bonds. The Kier molecular flexibility index (Phi) is 4.93. The Balaban J connectivity index is 0.00000240. The lowest BCUT2D eigenvalue weighted by Gasteiger charge is -2.65. The molecule has 7 heteroatoms. The number of esters is 1. The predicted octanol–water partition coefficient (Wildman–Crippen LogP) is 0.992. The molecule has 4 rings (SSSR count). The number of hydrogen-bond acceptors (Lipinski definition) is 6. The molecule has 0 unspecified atom stereocenters. The third-order valence-electron chi connectivity index (χ3n) is 8.67. The van der Waals surface area contributed by atoms with Crippen LogP contribution in [-0.2, 0) is 19.1 Å². The van der Waals surface area contributed by atoms with Gasteiger partial charge in [-0.3, -0.25) is 14.4 Å². The Hall–Kier alpha value is -1.57. The highest BCUT2D eigenvalue weighted by Crippen LogP contribution is 2.70. The summed E-state index contributed by atoms with van der Waals surface area (Å²) in [6, 6.07) is 0. The summed E-state index contributed by atoms with van der Waals surface area (Å²) in [5.74, 6) is -2.20. The fourth-order valence-corrected chi connectivity index (χ4v) is 7.51. The van der Waals surface area contributed by atoms with Crippen LogP contribution in [0.3, 0.4) is 0 Å². The summed E-state index contributed by atoms with van der Waals surface area (Å²) < 4.78 is 5.58. The van der Waals surface area contributed by atoms with E-state index in [1.54, 1.807) is 0 Å². The first kappa shape index (κ1) is 22.1. The average molecular weight is 408 g/mol. The van der Waals surface area contributed by atoms with Crippen LogP contribution in [0.25, 0.3) is 0 Å². The van der Waals surface area contributed by atoms with Gasteiger partial charge in [-0.2, -0.15) is 0 Å². The molecular weight excluding hydrogens is 376 g/mol. The van der Waals surface area contributed by atoms with Crippen LogP contribution in [0.15, 0.2) is 12.2 Å². The van der Waals surface area contributed by atoms with Crippen molar-refractivity contribution in [2.24, 2.45) is 34.0 Å². The predicted molar refractivity (Wildman–Crippen MR) is 104 cm³/mol. The minimum atomic E-state index is -1.48. The monoisotopic (exact) mass is 408 g/mol. The fraction of sp³-hybridized carbons (Fsp3) is 0.773. The Morgan fingerprint density at radius 3 is 2.41 bits per heavy atom. The highest BCUT2D eigenvalue weighted by atomic mass is 16.5. The second-order valence-corrected chi connectivity index (χ2v) is 10.2. The van der Waals surface area contributed by atoms with Crippen LogP contribution < -0.4 is 0 Å². The third-order valence-corrected chi connectivity index (χ3v) is 8.67. The third kappa shape index (κ3) is 2.44. The summed E-state index contributed by atoms with van der Waals surface area (Å²) in [5, 5.41) is 22.3. The topological polar surface area (TPSA) is 132 Å². The number of Topliss-reactive ketones (excluding diaryl/α,β-unsaturated/α-hetero) is 2. The van der Waals surface area contributed by atoms with E-state index in [2.05, 4.69) is 6.58 Å². The number of aliphatic hydroxyl groups is 2. The minimum absolute atomic E-state index is 0. The molecule has 0 aromatic heterocycles. The fourth-order valence-electron chi connectivity index (χ4n) is 7.51. The molecule has 8 atom stereocenters. The van der Waals surface area contributed by atoms with Crippen LogP contribution in [0.2, 0.25) is 0 Å². The van der Waals surface area contributed by atoms with Crippen LogP contribution in [0.4, 0.5) is 0 Å². The van der Waals surface area contributed by atoms with E-state index < -0.39 is 40.3 Å². The summed E-state index contributed by atoms with van der Waals surface area (Å²) >= 11 is 0. The van der Waals surface area contributed by atoms with E-state index in [4.69, 9.17) is 4.74 Å². The van der Waals surface area contributed by atoms with E-state index in [0.717, 1.165) is 0 Å². The van der Waals surface area contributed by atoms with Gasteiger partial charge in [0.25, 0.3) is 0 Å². The zero-order chi connectivity index (χ0) is 20.8. The van der Waals surface area contributed by atoms with Crippen molar-refractivity contribution in [3.8, 4) is 0 Å². The maximum atomic E-state index is 13.3.